The molecule has 24 heavy (non-hydrogen) atoms. The average Bonchev–Trinajstić information content (AvgIpc) is 2.95. The van der Waals surface area contributed by atoms with E-state index >= 15 is 0 Å². The second kappa shape index (κ2) is 6.26. The molecule has 122 valence electrons. The fourth-order valence-electron chi connectivity index (χ4n) is 2.44. The van der Waals surface area contributed by atoms with Gasteiger partial charge in [0.2, 0.25) is 0 Å². The molecule has 6 heteroatoms. The third-order valence-corrected chi connectivity index (χ3v) is 4.98. The van der Waals surface area contributed by atoms with Crippen molar-refractivity contribution < 1.29 is 17.9 Å². The first-order valence-electron chi connectivity index (χ1n) is 7.04. The number of sulfone groups is 1. The number of halogens is 1. The minimum Gasteiger partial charge on any atom is -0.431 e. The number of hydrogen-bond donors (Lipinski definition) is 0. The zero-order chi connectivity index (χ0) is 17.3. The topological polar surface area (TPSA) is 60.4 Å². The van der Waals surface area contributed by atoms with Crippen molar-refractivity contribution in [2.24, 2.45) is 0 Å². The molecule has 0 atom stereocenters. The predicted octanol–water partition coefficient (Wildman–Crippen LogP) is 3.62. The molecule has 0 spiro atoms. The quantitative estimate of drug-likeness (QED) is 0.619. The van der Waals surface area contributed by atoms with Gasteiger partial charge in [0.25, 0.3) is 0 Å². The summed E-state index contributed by atoms with van der Waals surface area (Å²) in [5.41, 5.74) is 2.56. The Labute approximate surface area is 144 Å². The van der Waals surface area contributed by atoms with E-state index < -0.39 is 15.8 Å². The van der Waals surface area contributed by atoms with Crippen molar-refractivity contribution in [2.45, 2.75) is 4.90 Å². The lowest BCUT2D eigenvalue weighted by Gasteiger charge is -2.11. The van der Waals surface area contributed by atoms with Crippen LogP contribution in [0.25, 0.3) is 5.57 Å². The molecule has 3 rings (SSSR count). The van der Waals surface area contributed by atoms with Gasteiger partial charge in [-0.25, -0.2) is 13.2 Å². The molecule has 0 bridgehead atoms. The number of carbonyl (C=O) groups is 1. The monoisotopic (exact) mass is 360 g/mol. The van der Waals surface area contributed by atoms with E-state index in [4.69, 9.17) is 16.3 Å². The van der Waals surface area contributed by atoms with Gasteiger partial charge < -0.3 is 4.74 Å². The SMILES string of the molecule is CS(=O)(=O)c1ccc(/C(=C2\C=COC2=O)c2ccc(Cl)cc2)cc1. The number of ether oxygens (including phenoxy) is 1. The summed E-state index contributed by atoms with van der Waals surface area (Å²) in [6, 6.07) is 13.4. The van der Waals surface area contributed by atoms with Crippen LogP contribution in [0.1, 0.15) is 11.1 Å². The summed E-state index contributed by atoms with van der Waals surface area (Å²) in [4.78, 5) is 12.2. The molecule has 0 fully saturated rings. The van der Waals surface area contributed by atoms with Crippen molar-refractivity contribution in [3.63, 3.8) is 0 Å². The largest absolute Gasteiger partial charge is 0.431 e. The van der Waals surface area contributed by atoms with E-state index in [1.165, 1.54) is 18.4 Å². The molecule has 0 N–H and O–H groups in total. The van der Waals surface area contributed by atoms with Crippen LogP contribution in [0, 0.1) is 0 Å². The van der Waals surface area contributed by atoms with Crippen LogP contribution in [-0.2, 0) is 19.4 Å². The molecule has 2 aromatic carbocycles. The van der Waals surface area contributed by atoms with E-state index in [2.05, 4.69) is 0 Å². The summed E-state index contributed by atoms with van der Waals surface area (Å²) in [5, 5.41) is 0.583. The summed E-state index contributed by atoms with van der Waals surface area (Å²) in [7, 11) is -3.28. The van der Waals surface area contributed by atoms with Crippen molar-refractivity contribution in [1.29, 1.82) is 0 Å². The fraction of sp³-hybridized carbons (Fsp3) is 0.0556. The van der Waals surface area contributed by atoms with Gasteiger partial charge in [0.1, 0.15) is 0 Å². The van der Waals surface area contributed by atoms with Gasteiger partial charge in [-0.15, -0.1) is 0 Å². The van der Waals surface area contributed by atoms with E-state index in [9.17, 15) is 13.2 Å². The maximum absolute atomic E-state index is 12.0. The summed E-state index contributed by atoms with van der Waals surface area (Å²) < 4.78 is 28.1. The molecule has 0 saturated carbocycles. The van der Waals surface area contributed by atoms with E-state index in [1.807, 2.05) is 0 Å². The second-order valence-electron chi connectivity index (χ2n) is 5.30. The molecule has 0 unspecified atom stereocenters. The normalized spacial score (nSPS) is 16.2. The third kappa shape index (κ3) is 3.27. The predicted molar refractivity (Wildman–Crippen MR) is 92.3 cm³/mol. The van der Waals surface area contributed by atoms with Crippen LogP contribution >= 0.6 is 11.6 Å². The minimum atomic E-state index is -3.28. The lowest BCUT2D eigenvalue weighted by atomic mass is 9.93. The first-order valence-corrected chi connectivity index (χ1v) is 9.31. The smallest absolute Gasteiger partial charge is 0.343 e. The van der Waals surface area contributed by atoms with Crippen LogP contribution in [0.2, 0.25) is 5.02 Å². The van der Waals surface area contributed by atoms with Crippen molar-refractivity contribution >= 4 is 33.0 Å². The highest BCUT2D eigenvalue weighted by molar-refractivity contribution is 7.90. The van der Waals surface area contributed by atoms with Crippen molar-refractivity contribution in [3.8, 4) is 0 Å². The highest BCUT2D eigenvalue weighted by Gasteiger charge is 2.21. The van der Waals surface area contributed by atoms with Crippen molar-refractivity contribution in [3.05, 3.63) is 82.6 Å². The maximum Gasteiger partial charge on any atom is 0.343 e. The molecule has 0 amide bonds. The highest BCUT2D eigenvalue weighted by Crippen LogP contribution is 2.31. The van der Waals surface area contributed by atoms with Crippen LogP contribution < -0.4 is 0 Å². The van der Waals surface area contributed by atoms with Gasteiger partial charge in [-0.05, 0) is 41.5 Å². The number of carbonyl (C=O) groups excluding carboxylic acids is 1. The summed E-state index contributed by atoms with van der Waals surface area (Å²) in [6.45, 7) is 0. The third-order valence-electron chi connectivity index (χ3n) is 3.60. The molecule has 0 aliphatic carbocycles. The lowest BCUT2D eigenvalue weighted by molar-refractivity contribution is -0.132. The standard InChI is InChI=1S/C18H13ClO4S/c1-24(21,22)15-8-4-13(5-9-15)17(16-10-11-23-18(16)20)12-2-6-14(19)7-3-12/h2-11H,1H3/b17-16+. The van der Waals surface area contributed by atoms with E-state index in [1.54, 1.807) is 42.5 Å². The van der Waals surface area contributed by atoms with Gasteiger partial charge in [0.15, 0.2) is 9.84 Å². The molecule has 0 aromatic heterocycles. The molecular formula is C18H13ClO4S. The number of esters is 1. The molecule has 1 aliphatic rings. The first kappa shape index (κ1) is 16.5. The Morgan fingerprint density at radius 2 is 1.50 bits per heavy atom. The van der Waals surface area contributed by atoms with Gasteiger partial charge in [-0.3, -0.25) is 0 Å². The van der Waals surface area contributed by atoms with Crippen LogP contribution in [0.4, 0.5) is 0 Å². The summed E-state index contributed by atoms with van der Waals surface area (Å²) in [5.74, 6) is -0.452. The molecule has 0 saturated heterocycles. The summed E-state index contributed by atoms with van der Waals surface area (Å²) in [6.07, 6.45) is 4.08. The number of rotatable bonds is 3. The lowest BCUT2D eigenvalue weighted by Crippen LogP contribution is -2.02. The Bertz CT molecular complexity index is 953. The van der Waals surface area contributed by atoms with E-state index in [-0.39, 0.29) is 4.90 Å². The molecule has 4 nitrogen and oxygen atoms in total. The van der Waals surface area contributed by atoms with Crippen LogP contribution in [0.15, 0.2) is 71.3 Å². The minimum absolute atomic E-state index is 0.219. The Balaban J connectivity index is 2.18. The Hall–Kier alpha value is -2.37. The van der Waals surface area contributed by atoms with E-state index in [0.29, 0.717) is 21.7 Å². The van der Waals surface area contributed by atoms with Crippen LogP contribution in [0.5, 0.6) is 0 Å². The number of cyclic esters (lactones) is 1. The van der Waals surface area contributed by atoms with Gasteiger partial charge in [-0.1, -0.05) is 35.9 Å². The van der Waals surface area contributed by atoms with Gasteiger partial charge in [0, 0.05) is 16.9 Å². The molecule has 2 aromatic rings. The molecule has 0 radical (unpaired) electrons. The second-order valence-corrected chi connectivity index (χ2v) is 7.75. The Morgan fingerprint density at radius 3 is 1.96 bits per heavy atom. The zero-order valence-corrected chi connectivity index (χ0v) is 14.3. The highest BCUT2D eigenvalue weighted by atomic mass is 35.5. The first-order chi connectivity index (χ1) is 11.4. The molecule has 1 heterocycles. The van der Waals surface area contributed by atoms with Crippen molar-refractivity contribution in [1.82, 2.24) is 0 Å². The Kier molecular flexibility index (Phi) is 4.30. The average molecular weight is 361 g/mol. The van der Waals surface area contributed by atoms with Gasteiger partial charge in [-0.2, -0.15) is 0 Å². The molecule has 1 aliphatic heterocycles. The zero-order valence-electron chi connectivity index (χ0n) is 12.7. The van der Waals surface area contributed by atoms with Crippen LogP contribution in [-0.4, -0.2) is 20.6 Å². The van der Waals surface area contributed by atoms with Gasteiger partial charge in [0.05, 0.1) is 16.7 Å². The van der Waals surface area contributed by atoms with Crippen molar-refractivity contribution in [2.75, 3.05) is 6.26 Å². The molecular weight excluding hydrogens is 348 g/mol. The number of benzene rings is 2. The van der Waals surface area contributed by atoms with Gasteiger partial charge >= 0.3 is 5.97 Å². The van der Waals surface area contributed by atoms with E-state index in [0.717, 1.165) is 11.8 Å². The fourth-order valence-corrected chi connectivity index (χ4v) is 3.20. The maximum atomic E-state index is 12.0. The number of hydrogen-bond acceptors (Lipinski definition) is 4. The summed E-state index contributed by atoms with van der Waals surface area (Å²) >= 11 is 5.93. The van der Waals surface area contributed by atoms with Crippen LogP contribution in [0.3, 0.4) is 0 Å². The Morgan fingerprint density at radius 1 is 0.958 bits per heavy atom.